The van der Waals surface area contributed by atoms with E-state index in [4.69, 9.17) is 11.6 Å². The van der Waals surface area contributed by atoms with Gasteiger partial charge in [0.15, 0.2) is 6.29 Å². The van der Waals surface area contributed by atoms with Gasteiger partial charge in [0.05, 0.1) is 0 Å². The predicted octanol–water partition coefficient (Wildman–Crippen LogP) is 3.21. The van der Waals surface area contributed by atoms with Gasteiger partial charge in [-0.25, -0.2) is 0 Å². The monoisotopic (exact) mass is 217 g/mol. The molecule has 0 amide bonds. The predicted molar refractivity (Wildman–Crippen MR) is 60.1 cm³/mol. The molecule has 0 saturated heterocycles. The van der Waals surface area contributed by atoms with Gasteiger partial charge in [-0.2, -0.15) is 0 Å². The molecule has 1 aromatic heterocycles. The van der Waals surface area contributed by atoms with Crippen LogP contribution < -0.4 is 0 Å². The second-order valence-corrected chi connectivity index (χ2v) is 3.57. The Hall–Kier alpha value is -1.67. The molecule has 0 atom stereocenters. The number of pyridine rings is 1. The summed E-state index contributed by atoms with van der Waals surface area (Å²) in [6.07, 6.45) is 4.01. The number of rotatable bonds is 2. The molecular weight excluding hydrogens is 210 g/mol. The molecule has 1 aromatic carbocycles. The number of hydrogen-bond acceptors (Lipinski definition) is 2. The molecular formula is C12H8ClNO. The van der Waals surface area contributed by atoms with Crippen LogP contribution in [0.25, 0.3) is 11.1 Å². The van der Waals surface area contributed by atoms with Crippen molar-refractivity contribution in [2.75, 3.05) is 0 Å². The van der Waals surface area contributed by atoms with E-state index in [9.17, 15) is 4.79 Å². The largest absolute Gasteiger partial charge is 0.298 e. The topological polar surface area (TPSA) is 30.0 Å². The first-order valence-corrected chi connectivity index (χ1v) is 4.83. The van der Waals surface area contributed by atoms with Gasteiger partial charge in [0.2, 0.25) is 0 Å². The molecule has 0 spiro atoms. The minimum atomic E-state index is 0.562. The summed E-state index contributed by atoms with van der Waals surface area (Å²) in [5, 5.41) is 0.670. The third kappa shape index (κ3) is 2.22. The third-order valence-corrected chi connectivity index (χ3v) is 2.29. The minimum absolute atomic E-state index is 0.562. The van der Waals surface area contributed by atoms with E-state index >= 15 is 0 Å². The first kappa shape index (κ1) is 9.87. The second kappa shape index (κ2) is 4.24. The van der Waals surface area contributed by atoms with Crippen molar-refractivity contribution < 1.29 is 4.79 Å². The number of hydrogen-bond donors (Lipinski definition) is 0. The second-order valence-electron chi connectivity index (χ2n) is 3.14. The number of carbonyl (C=O) groups is 1. The number of carbonyl (C=O) groups excluding carboxylic acids is 1. The average Bonchev–Trinajstić information content (AvgIpc) is 2.29. The number of halogens is 1. The smallest absolute Gasteiger partial charge is 0.151 e. The van der Waals surface area contributed by atoms with Gasteiger partial charge in [0.1, 0.15) is 0 Å². The summed E-state index contributed by atoms with van der Waals surface area (Å²) in [5.41, 5.74) is 2.41. The van der Waals surface area contributed by atoms with Gasteiger partial charge in [-0.05, 0) is 23.8 Å². The first-order valence-electron chi connectivity index (χ1n) is 4.46. The van der Waals surface area contributed by atoms with Crippen molar-refractivity contribution in [1.29, 1.82) is 0 Å². The highest BCUT2D eigenvalue weighted by molar-refractivity contribution is 6.30. The molecule has 2 rings (SSSR count). The van der Waals surface area contributed by atoms with Crippen LogP contribution in [0, 0.1) is 0 Å². The van der Waals surface area contributed by atoms with Crippen molar-refractivity contribution >= 4 is 17.9 Å². The summed E-state index contributed by atoms with van der Waals surface area (Å²) in [6.45, 7) is 0. The highest BCUT2D eigenvalue weighted by Gasteiger charge is 1.99. The Morgan fingerprint density at radius 3 is 2.73 bits per heavy atom. The van der Waals surface area contributed by atoms with Gasteiger partial charge >= 0.3 is 0 Å². The zero-order chi connectivity index (χ0) is 10.7. The molecule has 0 fully saturated rings. The molecule has 0 aliphatic rings. The van der Waals surface area contributed by atoms with Crippen molar-refractivity contribution in [3.63, 3.8) is 0 Å². The van der Waals surface area contributed by atoms with Gasteiger partial charge in [-0.1, -0.05) is 23.7 Å². The van der Waals surface area contributed by atoms with E-state index in [1.54, 1.807) is 12.3 Å². The Morgan fingerprint density at radius 2 is 2.00 bits per heavy atom. The van der Waals surface area contributed by atoms with E-state index in [0.717, 1.165) is 17.4 Å². The highest BCUT2D eigenvalue weighted by Crippen LogP contribution is 2.22. The summed E-state index contributed by atoms with van der Waals surface area (Å²) in [7, 11) is 0. The van der Waals surface area contributed by atoms with E-state index in [1.807, 2.05) is 24.3 Å². The lowest BCUT2D eigenvalue weighted by Gasteiger charge is -2.01. The normalized spacial score (nSPS) is 9.93. The Balaban J connectivity index is 2.49. The fourth-order valence-corrected chi connectivity index (χ4v) is 1.54. The summed E-state index contributed by atoms with van der Waals surface area (Å²) in [4.78, 5) is 14.6. The van der Waals surface area contributed by atoms with Crippen LogP contribution in [0.3, 0.4) is 0 Å². The van der Waals surface area contributed by atoms with Crippen LogP contribution in [0.4, 0.5) is 0 Å². The molecule has 15 heavy (non-hydrogen) atoms. The maximum atomic E-state index is 10.6. The molecule has 0 unspecified atom stereocenters. The van der Waals surface area contributed by atoms with E-state index < -0.39 is 0 Å². The molecule has 0 aliphatic heterocycles. The van der Waals surface area contributed by atoms with Crippen molar-refractivity contribution in [2.45, 2.75) is 0 Å². The Kier molecular flexibility index (Phi) is 2.79. The third-order valence-electron chi connectivity index (χ3n) is 2.05. The van der Waals surface area contributed by atoms with Crippen LogP contribution in [0.15, 0.2) is 42.7 Å². The number of nitrogens with zero attached hydrogens (tertiary/aromatic N) is 1. The maximum Gasteiger partial charge on any atom is 0.151 e. The Morgan fingerprint density at radius 1 is 1.13 bits per heavy atom. The van der Waals surface area contributed by atoms with E-state index in [1.165, 1.54) is 6.20 Å². The number of benzene rings is 1. The Labute approximate surface area is 92.5 Å². The summed E-state index contributed by atoms with van der Waals surface area (Å²) >= 11 is 5.88. The van der Waals surface area contributed by atoms with Crippen LogP contribution in [0.1, 0.15) is 10.4 Å². The van der Waals surface area contributed by atoms with Gasteiger partial charge in [0.25, 0.3) is 0 Å². The van der Waals surface area contributed by atoms with Gasteiger partial charge in [0, 0.05) is 28.5 Å². The van der Waals surface area contributed by atoms with Crippen LogP contribution in [0.5, 0.6) is 0 Å². The molecule has 0 bridgehead atoms. The fourth-order valence-electron chi connectivity index (χ4n) is 1.35. The van der Waals surface area contributed by atoms with Crippen LogP contribution in [0.2, 0.25) is 5.02 Å². The highest BCUT2D eigenvalue weighted by atomic mass is 35.5. The number of aldehydes is 1. The molecule has 2 nitrogen and oxygen atoms in total. The maximum absolute atomic E-state index is 10.6. The lowest BCUT2D eigenvalue weighted by Crippen LogP contribution is -1.85. The van der Waals surface area contributed by atoms with Crippen LogP contribution in [-0.2, 0) is 0 Å². The van der Waals surface area contributed by atoms with Crippen LogP contribution >= 0.6 is 11.6 Å². The zero-order valence-electron chi connectivity index (χ0n) is 7.85. The van der Waals surface area contributed by atoms with Crippen molar-refractivity contribution in [1.82, 2.24) is 4.98 Å². The number of aromatic nitrogens is 1. The molecule has 0 N–H and O–H groups in total. The standard InChI is InChI=1S/C12H8ClNO/c13-12-3-1-2-10(5-12)11-4-9(8-15)6-14-7-11/h1-8H. The molecule has 0 radical (unpaired) electrons. The van der Waals surface area contributed by atoms with E-state index in [2.05, 4.69) is 4.98 Å². The van der Waals surface area contributed by atoms with E-state index in [0.29, 0.717) is 10.6 Å². The van der Waals surface area contributed by atoms with Crippen molar-refractivity contribution in [2.24, 2.45) is 0 Å². The van der Waals surface area contributed by atoms with Crippen molar-refractivity contribution in [3.05, 3.63) is 53.3 Å². The van der Waals surface area contributed by atoms with Gasteiger partial charge in [-0.15, -0.1) is 0 Å². The molecule has 74 valence electrons. The summed E-state index contributed by atoms with van der Waals surface area (Å²) in [5.74, 6) is 0. The van der Waals surface area contributed by atoms with Gasteiger partial charge in [-0.3, -0.25) is 9.78 Å². The minimum Gasteiger partial charge on any atom is -0.298 e. The summed E-state index contributed by atoms with van der Waals surface area (Å²) in [6, 6.07) is 9.23. The first-order chi connectivity index (χ1) is 7.29. The molecule has 3 heteroatoms. The molecule has 0 saturated carbocycles. The fraction of sp³-hybridized carbons (Fsp3) is 0. The zero-order valence-corrected chi connectivity index (χ0v) is 8.61. The van der Waals surface area contributed by atoms with Gasteiger partial charge < -0.3 is 0 Å². The quantitative estimate of drug-likeness (QED) is 0.723. The summed E-state index contributed by atoms with van der Waals surface area (Å²) < 4.78 is 0. The van der Waals surface area contributed by atoms with E-state index in [-0.39, 0.29) is 0 Å². The van der Waals surface area contributed by atoms with Crippen molar-refractivity contribution in [3.8, 4) is 11.1 Å². The molecule has 1 heterocycles. The lowest BCUT2D eigenvalue weighted by atomic mass is 10.1. The average molecular weight is 218 g/mol. The lowest BCUT2D eigenvalue weighted by molar-refractivity contribution is 0.112. The van der Waals surface area contributed by atoms with Crippen LogP contribution in [-0.4, -0.2) is 11.3 Å². The Bertz CT molecular complexity index is 496. The molecule has 2 aromatic rings. The molecule has 0 aliphatic carbocycles. The SMILES string of the molecule is O=Cc1cncc(-c2cccc(Cl)c2)c1.